The molecule has 0 saturated heterocycles. The Kier molecular flexibility index (Phi) is 11.0. The van der Waals surface area contributed by atoms with Crippen molar-refractivity contribution in [1.29, 1.82) is 0 Å². The summed E-state index contributed by atoms with van der Waals surface area (Å²) in [5, 5.41) is 3.20. The molecule has 3 rings (SSSR count). The quantitative estimate of drug-likeness (QED) is 0.298. The number of sulfonamides is 1. The van der Waals surface area contributed by atoms with Gasteiger partial charge in [-0.3, -0.25) is 13.9 Å². The number of carbonyl (C=O) groups excluding carboxylic acids is 2. The van der Waals surface area contributed by atoms with E-state index in [9.17, 15) is 18.0 Å². The lowest BCUT2D eigenvalue weighted by Gasteiger charge is -2.33. The Hall–Kier alpha value is -3.56. The van der Waals surface area contributed by atoms with E-state index in [0.29, 0.717) is 23.7 Å². The molecule has 1 atom stereocenters. The van der Waals surface area contributed by atoms with E-state index < -0.39 is 28.5 Å². The van der Waals surface area contributed by atoms with E-state index in [-0.39, 0.29) is 23.0 Å². The monoisotopic (exact) mass is 585 g/mol. The number of methoxy groups -OCH3 is 1. The lowest BCUT2D eigenvalue weighted by Crippen LogP contribution is -2.52. The van der Waals surface area contributed by atoms with Crippen LogP contribution in [-0.4, -0.2) is 51.4 Å². The minimum absolute atomic E-state index is 0.0149. The number of anilines is 1. The number of carbonyl (C=O) groups is 2. The first kappa shape index (κ1) is 31.0. The van der Waals surface area contributed by atoms with Gasteiger partial charge in [-0.05, 0) is 67.8 Å². The van der Waals surface area contributed by atoms with Gasteiger partial charge in [-0.2, -0.15) is 0 Å². The summed E-state index contributed by atoms with van der Waals surface area (Å²) in [7, 11) is -2.71. The van der Waals surface area contributed by atoms with Gasteiger partial charge in [0.1, 0.15) is 18.3 Å². The van der Waals surface area contributed by atoms with Crippen LogP contribution in [0, 0.1) is 6.92 Å². The van der Waals surface area contributed by atoms with Crippen LogP contribution >= 0.6 is 11.6 Å². The molecule has 0 fully saturated rings. The molecule has 8 nitrogen and oxygen atoms in total. The maximum absolute atomic E-state index is 14.0. The molecule has 40 heavy (non-hydrogen) atoms. The van der Waals surface area contributed by atoms with Crippen molar-refractivity contribution < 1.29 is 22.7 Å². The van der Waals surface area contributed by atoms with Crippen LogP contribution in [-0.2, 0) is 26.2 Å². The number of amides is 2. The van der Waals surface area contributed by atoms with Crippen LogP contribution in [0.1, 0.15) is 37.8 Å². The predicted molar refractivity (Wildman–Crippen MR) is 158 cm³/mol. The van der Waals surface area contributed by atoms with E-state index in [4.69, 9.17) is 16.3 Å². The SMILES string of the molecule is CCCNC(=O)[C@H](CC)N(Cc1ccc(C)cc1)C(=O)CN(c1cccc(Cl)c1)S(=O)(=O)c1ccc(OC)cc1. The van der Waals surface area contributed by atoms with Crippen molar-refractivity contribution in [1.82, 2.24) is 10.2 Å². The summed E-state index contributed by atoms with van der Waals surface area (Å²) in [6.07, 6.45) is 1.10. The molecule has 10 heteroatoms. The van der Waals surface area contributed by atoms with Crippen molar-refractivity contribution in [3.8, 4) is 5.75 Å². The predicted octanol–water partition coefficient (Wildman–Crippen LogP) is 5.19. The molecule has 2 amide bonds. The summed E-state index contributed by atoms with van der Waals surface area (Å²) in [4.78, 5) is 28.6. The third-order valence-electron chi connectivity index (χ3n) is 6.43. The van der Waals surface area contributed by atoms with Gasteiger partial charge in [0.25, 0.3) is 10.0 Å². The molecule has 0 aliphatic heterocycles. The Morgan fingerprint density at radius 2 is 1.68 bits per heavy atom. The average molecular weight is 586 g/mol. The number of aryl methyl sites for hydroxylation is 1. The molecule has 0 aliphatic rings. The Morgan fingerprint density at radius 3 is 2.25 bits per heavy atom. The van der Waals surface area contributed by atoms with Gasteiger partial charge in [0.05, 0.1) is 17.7 Å². The van der Waals surface area contributed by atoms with E-state index in [1.54, 1.807) is 30.3 Å². The van der Waals surface area contributed by atoms with Crippen molar-refractivity contribution in [3.05, 3.63) is 88.9 Å². The van der Waals surface area contributed by atoms with Crippen molar-refractivity contribution in [2.24, 2.45) is 0 Å². The topological polar surface area (TPSA) is 96.0 Å². The summed E-state index contributed by atoms with van der Waals surface area (Å²) in [6, 6.07) is 19.1. The van der Waals surface area contributed by atoms with E-state index in [1.807, 2.05) is 45.0 Å². The zero-order chi connectivity index (χ0) is 29.3. The van der Waals surface area contributed by atoms with Gasteiger partial charge < -0.3 is 15.0 Å². The number of nitrogens with zero attached hydrogens (tertiary/aromatic N) is 2. The second-order valence-corrected chi connectivity index (χ2v) is 11.7. The van der Waals surface area contributed by atoms with Gasteiger partial charge in [0, 0.05) is 18.1 Å². The maximum Gasteiger partial charge on any atom is 0.264 e. The Balaban J connectivity index is 2.05. The summed E-state index contributed by atoms with van der Waals surface area (Å²) in [5.74, 6) is -0.300. The van der Waals surface area contributed by atoms with E-state index in [0.717, 1.165) is 21.9 Å². The van der Waals surface area contributed by atoms with Crippen LogP contribution in [0.2, 0.25) is 5.02 Å². The molecule has 0 heterocycles. The fourth-order valence-corrected chi connectivity index (χ4v) is 5.80. The third kappa shape index (κ3) is 7.76. The molecule has 0 bridgehead atoms. The highest BCUT2D eigenvalue weighted by atomic mass is 35.5. The Morgan fingerprint density at radius 1 is 1.00 bits per heavy atom. The molecule has 0 aromatic heterocycles. The molecule has 0 saturated carbocycles. The fourth-order valence-electron chi connectivity index (χ4n) is 4.21. The molecule has 0 unspecified atom stereocenters. The van der Waals surface area contributed by atoms with Crippen molar-refractivity contribution in [3.63, 3.8) is 0 Å². The molecule has 3 aromatic rings. The molecular weight excluding hydrogens is 550 g/mol. The highest BCUT2D eigenvalue weighted by molar-refractivity contribution is 7.92. The number of halogens is 1. The normalized spacial score (nSPS) is 11.9. The number of ether oxygens (including phenoxy) is 1. The zero-order valence-electron chi connectivity index (χ0n) is 23.3. The Bertz CT molecular complexity index is 1400. The van der Waals surface area contributed by atoms with Crippen molar-refractivity contribution >= 4 is 39.1 Å². The van der Waals surface area contributed by atoms with Gasteiger partial charge in [0.2, 0.25) is 11.8 Å². The first-order chi connectivity index (χ1) is 19.1. The number of hydrogen-bond acceptors (Lipinski definition) is 5. The van der Waals surface area contributed by atoms with Crippen LogP contribution < -0.4 is 14.4 Å². The summed E-state index contributed by atoms with van der Waals surface area (Å²) < 4.78 is 34.0. The van der Waals surface area contributed by atoms with Gasteiger partial charge in [-0.1, -0.05) is 61.3 Å². The lowest BCUT2D eigenvalue weighted by molar-refractivity contribution is -0.140. The first-order valence-corrected chi connectivity index (χ1v) is 15.0. The van der Waals surface area contributed by atoms with Gasteiger partial charge in [-0.15, -0.1) is 0 Å². The molecule has 214 valence electrons. The number of benzene rings is 3. The maximum atomic E-state index is 14.0. The highest BCUT2D eigenvalue weighted by Gasteiger charge is 2.33. The third-order valence-corrected chi connectivity index (χ3v) is 8.45. The summed E-state index contributed by atoms with van der Waals surface area (Å²) >= 11 is 6.22. The minimum Gasteiger partial charge on any atom is -0.497 e. The summed E-state index contributed by atoms with van der Waals surface area (Å²) in [5.41, 5.74) is 2.12. The molecule has 0 radical (unpaired) electrons. The van der Waals surface area contributed by atoms with Gasteiger partial charge in [-0.25, -0.2) is 8.42 Å². The molecule has 3 aromatic carbocycles. The van der Waals surface area contributed by atoms with Gasteiger partial charge in [0.15, 0.2) is 0 Å². The van der Waals surface area contributed by atoms with Crippen LogP contribution in [0.5, 0.6) is 5.75 Å². The second kappa shape index (κ2) is 14.2. The molecular formula is C30H36ClN3O5S. The number of nitrogens with one attached hydrogen (secondary N) is 1. The van der Waals surface area contributed by atoms with Crippen molar-refractivity contribution in [2.75, 3.05) is 24.5 Å². The number of hydrogen-bond donors (Lipinski definition) is 1. The smallest absolute Gasteiger partial charge is 0.264 e. The first-order valence-electron chi connectivity index (χ1n) is 13.2. The van der Waals surface area contributed by atoms with Crippen LogP contribution in [0.4, 0.5) is 5.69 Å². The lowest BCUT2D eigenvalue weighted by atomic mass is 10.1. The largest absolute Gasteiger partial charge is 0.497 e. The Labute approximate surface area is 241 Å². The minimum atomic E-state index is -4.20. The van der Waals surface area contributed by atoms with E-state index in [2.05, 4.69) is 5.32 Å². The summed E-state index contributed by atoms with van der Waals surface area (Å²) in [6.45, 7) is 5.83. The standard InChI is InChI=1S/C30H36ClN3O5S/c1-5-18-32-30(36)28(6-2)33(20-23-12-10-22(3)11-13-23)29(35)21-34(25-9-7-8-24(31)19-25)40(37,38)27-16-14-26(39-4)15-17-27/h7-17,19,28H,5-6,18,20-21H2,1-4H3,(H,32,36)/t28-/m0/s1. The molecule has 0 aliphatic carbocycles. The second-order valence-electron chi connectivity index (χ2n) is 9.39. The number of rotatable bonds is 13. The molecule has 0 spiro atoms. The van der Waals surface area contributed by atoms with Crippen LogP contribution in [0.3, 0.4) is 0 Å². The van der Waals surface area contributed by atoms with E-state index in [1.165, 1.54) is 30.2 Å². The fraction of sp³-hybridized carbons (Fsp3) is 0.333. The average Bonchev–Trinajstić information content (AvgIpc) is 2.95. The zero-order valence-corrected chi connectivity index (χ0v) is 24.8. The molecule has 1 N–H and O–H groups in total. The van der Waals surface area contributed by atoms with Gasteiger partial charge >= 0.3 is 0 Å². The van der Waals surface area contributed by atoms with E-state index >= 15 is 0 Å². The van der Waals surface area contributed by atoms with Crippen LogP contribution in [0.25, 0.3) is 0 Å². The van der Waals surface area contributed by atoms with Crippen LogP contribution in [0.15, 0.2) is 77.7 Å². The van der Waals surface area contributed by atoms with Crippen molar-refractivity contribution in [2.45, 2.75) is 51.1 Å². The highest BCUT2D eigenvalue weighted by Crippen LogP contribution is 2.28.